The van der Waals surface area contributed by atoms with Crippen molar-refractivity contribution in [1.82, 2.24) is 4.90 Å². The van der Waals surface area contributed by atoms with Crippen LogP contribution in [0.25, 0.3) is 0 Å². The van der Waals surface area contributed by atoms with E-state index >= 15 is 0 Å². The van der Waals surface area contributed by atoms with E-state index < -0.39 is 0 Å². The van der Waals surface area contributed by atoms with E-state index in [9.17, 15) is 9.59 Å². The van der Waals surface area contributed by atoms with Crippen molar-refractivity contribution in [3.8, 4) is 12.3 Å². The average molecular weight is 227 g/mol. The first-order valence-electron chi connectivity index (χ1n) is 5.55. The molecule has 0 spiro atoms. The predicted molar refractivity (Wildman–Crippen MR) is 64.6 cm³/mol. The molecule has 0 saturated heterocycles. The molecule has 17 heavy (non-hydrogen) atoms. The topological polar surface area (TPSA) is 37.4 Å². The van der Waals surface area contributed by atoms with Gasteiger partial charge in [0.25, 0.3) is 11.8 Å². The van der Waals surface area contributed by atoms with Crippen molar-refractivity contribution in [2.45, 2.75) is 19.8 Å². The highest BCUT2D eigenvalue weighted by Gasteiger charge is 2.34. The summed E-state index contributed by atoms with van der Waals surface area (Å²) in [5.74, 6) is 2.09. The molecule has 1 aliphatic rings. The zero-order chi connectivity index (χ0) is 12.4. The van der Waals surface area contributed by atoms with E-state index in [4.69, 9.17) is 6.42 Å². The maximum Gasteiger partial charge on any atom is 0.261 e. The molecule has 2 amide bonds. The maximum absolute atomic E-state index is 12.0. The first kappa shape index (κ1) is 11.4. The van der Waals surface area contributed by atoms with Gasteiger partial charge in [-0.15, -0.1) is 12.3 Å². The van der Waals surface area contributed by atoms with Crippen LogP contribution in [0.3, 0.4) is 0 Å². The van der Waals surface area contributed by atoms with Gasteiger partial charge in [-0.2, -0.15) is 0 Å². The first-order chi connectivity index (χ1) is 8.15. The van der Waals surface area contributed by atoms with Crippen molar-refractivity contribution in [2.24, 2.45) is 0 Å². The lowest BCUT2D eigenvalue weighted by atomic mass is 10.1. The number of terminal acetylenes is 1. The molecule has 0 aliphatic carbocycles. The van der Waals surface area contributed by atoms with Gasteiger partial charge < -0.3 is 0 Å². The summed E-state index contributed by atoms with van der Waals surface area (Å²) in [6, 6.07) is 5.32. The number of hydrogen-bond acceptors (Lipinski definition) is 2. The molecule has 1 aliphatic heterocycles. The number of imide groups is 1. The Morgan fingerprint density at radius 2 is 1.94 bits per heavy atom. The molecule has 0 saturated carbocycles. The Kier molecular flexibility index (Phi) is 2.97. The molecule has 3 nitrogen and oxygen atoms in total. The standard InChI is InChI=1S/C14H13NO2/c1-3-4-5-8-15-13(16)11-7-6-10(2)9-12(11)14(15)17/h1,6-7,9H,4-5,8H2,2H3. The molecule has 86 valence electrons. The number of carbonyl (C=O) groups is 2. The molecule has 0 fully saturated rings. The monoisotopic (exact) mass is 227 g/mol. The molecule has 1 aromatic rings. The zero-order valence-corrected chi connectivity index (χ0v) is 9.69. The lowest BCUT2D eigenvalue weighted by Crippen LogP contribution is -2.30. The van der Waals surface area contributed by atoms with Crippen LogP contribution in [-0.2, 0) is 0 Å². The van der Waals surface area contributed by atoms with Crippen molar-refractivity contribution >= 4 is 11.8 Å². The maximum atomic E-state index is 12.0. The number of fused-ring (bicyclic) bond motifs is 1. The molecule has 0 bridgehead atoms. The number of aryl methyl sites for hydroxylation is 1. The normalized spacial score (nSPS) is 13.8. The van der Waals surface area contributed by atoms with Crippen molar-refractivity contribution < 1.29 is 9.59 Å². The Labute approximate surface area is 100 Å². The summed E-state index contributed by atoms with van der Waals surface area (Å²) in [5.41, 5.74) is 1.99. The van der Waals surface area contributed by atoms with Gasteiger partial charge in [-0.25, -0.2) is 0 Å². The van der Waals surface area contributed by atoms with Crippen molar-refractivity contribution in [3.63, 3.8) is 0 Å². The van der Waals surface area contributed by atoms with E-state index in [1.807, 2.05) is 13.0 Å². The number of carbonyl (C=O) groups excluding carboxylic acids is 2. The van der Waals surface area contributed by atoms with E-state index in [1.54, 1.807) is 12.1 Å². The number of unbranched alkanes of at least 4 members (excludes halogenated alkanes) is 1. The van der Waals surface area contributed by atoms with Gasteiger partial charge in [0, 0.05) is 13.0 Å². The SMILES string of the molecule is C#CCCCN1C(=O)c2ccc(C)cc2C1=O. The average Bonchev–Trinajstić information content (AvgIpc) is 2.54. The predicted octanol–water partition coefficient (Wildman–Crippen LogP) is 2.00. The lowest BCUT2D eigenvalue weighted by Gasteiger charge is -2.12. The van der Waals surface area contributed by atoms with Crippen LogP contribution >= 0.6 is 0 Å². The number of hydrogen-bond donors (Lipinski definition) is 0. The van der Waals surface area contributed by atoms with Gasteiger partial charge in [0.05, 0.1) is 11.1 Å². The van der Waals surface area contributed by atoms with Gasteiger partial charge in [0.1, 0.15) is 0 Å². The lowest BCUT2D eigenvalue weighted by molar-refractivity contribution is 0.0653. The van der Waals surface area contributed by atoms with Gasteiger partial charge in [-0.3, -0.25) is 14.5 Å². The molecule has 0 atom stereocenters. The summed E-state index contributed by atoms with van der Waals surface area (Å²) >= 11 is 0. The van der Waals surface area contributed by atoms with Crippen LogP contribution in [0.1, 0.15) is 39.1 Å². The van der Waals surface area contributed by atoms with Crippen LogP contribution in [0.15, 0.2) is 18.2 Å². The number of nitrogens with zero attached hydrogens (tertiary/aromatic N) is 1. The molecule has 0 N–H and O–H groups in total. The Hall–Kier alpha value is -2.08. The summed E-state index contributed by atoms with van der Waals surface area (Å²) in [5, 5.41) is 0. The molecule has 0 radical (unpaired) electrons. The van der Waals surface area contributed by atoms with Crippen LogP contribution in [-0.4, -0.2) is 23.3 Å². The summed E-state index contributed by atoms with van der Waals surface area (Å²) < 4.78 is 0. The van der Waals surface area contributed by atoms with Crippen LogP contribution in [0, 0.1) is 19.3 Å². The summed E-state index contributed by atoms with van der Waals surface area (Å²) in [7, 11) is 0. The second kappa shape index (κ2) is 4.42. The molecule has 2 rings (SSSR count). The van der Waals surface area contributed by atoms with E-state index in [0.29, 0.717) is 30.5 Å². The second-order valence-corrected chi connectivity index (χ2v) is 4.12. The Bertz CT molecular complexity index is 526. The first-order valence-corrected chi connectivity index (χ1v) is 5.55. The van der Waals surface area contributed by atoms with E-state index in [0.717, 1.165) is 5.56 Å². The Balaban J connectivity index is 2.24. The highest BCUT2D eigenvalue weighted by molar-refractivity contribution is 6.21. The molecule has 1 aromatic carbocycles. The molecule has 0 aromatic heterocycles. The largest absolute Gasteiger partial charge is 0.274 e. The Morgan fingerprint density at radius 1 is 1.24 bits per heavy atom. The summed E-state index contributed by atoms with van der Waals surface area (Å²) in [6.45, 7) is 2.30. The van der Waals surface area contributed by atoms with Gasteiger partial charge in [-0.1, -0.05) is 11.6 Å². The van der Waals surface area contributed by atoms with Crippen molar-refractivity contribution in [3.05, 3.63) is 34.9 Å². The van der Waals surface area contributed by atoms with Crippen molar-refractivity contribution in [1.29, 1.82) is 0 Å². The zero-order valence-electron chi connectivity index (χ0n) is 9.69. The molecule has 3 heteroatoms. The smallest absolute Gasteiger partial charge is 0.261 e. The van der Waals surface area contributed by atoms with Gasteiger partial charge in [0.2, 0.25) is 0 Å². The third-order valence-corrected chi connectivity index (χ3v) is 2.83. The van der Waals surface area contributed by atoms with E-state index in [2.05, 4.69) is 5.92 Å². The second-order valence-electron chi connectivity index (χ2n) is 4.12. The Morgan fingerprint density at radius 3 is 2.65 bits per heavy atom. The fourth-order valence-corrected chi connectivity index (χ4v) is 1.95. The van der Waals surface area contributed by atoms with Gasteiger partial charge >= 0.3 is 0 Å². The minimum absolute atomic E-state index is 0.203. The van der Waals surface area contributed by atoms with Crippen molar-refractivity contribution in [2.75, 3.05) is 6.54 Å². The minimum atomic E-state index is -0.206. The number of rotatable bonds is 3. The molecular weight excluding hydrogens is 214 g/mol. The van der Waals surface area contributed by atoms with E-state index in [-0.39, 0.29) is 11.8 Å². The third-order valence-electron chi connectivity index (χ3n) is 2.83. The minimum Gasteiger partial charge on any atom is -0.274 e. The fraction of sp³-hybridized carbons (Fsp3) is 0.286. The summed E-state index contributed by atoms with van der Waals surface area (Å²) in [6.07, 6.45) is 6.38. The molecular formula is C14H13NO2. The number of benzene rings is 1. The highest BCUT2D eigenvalue weighted by Crippen LogP contribution is 2.23. The third kappa shape index (κ3) is 1.94. The van der Waals surface area contributed by atoms with Crippen LogP contribution < -0.4 is 0 Å². The van der Waals surface area contributed by atoms with Crippen LogP contribution in [0.4, 0.5) is 0 Å². The highest BCUT2D eigenvalue weighted by atomic mass is 16.2. The summed E-state index contributed by atoms with van der Waals surface area (Å²) in [4.78, 5) is 25.3. The van der Waals surface area contributed by atoms with Gasteiger partial charge in [-0.05, 0) is 25.5 Å². The van der Waals surface area contributed by atoms with Gasteiger partial charge in [0.15, 0.2) is 0 Å². The molecule has 1 heterocycles. The molecule has 0 unspecified atom stereocenters. The van der Waals surface area contributed by atoms with Crippen LogP contribution in [0.2, 0.25) is 0 Å². The van der Waals surface area contributed by atoms with Crippen LogP contribution in [0.5, 0.6) is 0 Å². The quantitative estimate of drug-likeness (QED) is 0.450. The fourth-order valence-electron chi connectivity index (χ4n) is 1.95. The van der Waals surface area contributed by atoms with E-state index in [1.165, 1.54) is 4.90 Å². The number of amides is 2.